The van der Waals surface area contributed by atoms with Gasteiger partial charge in [0.05, 0.1) is 0 Å². The quantitative estimate of drug-likeness (QED) is 0.574. The summed E-state index contributed by atoms with van der Waals surface area (Å²) < 4.78 is 0. The fourth-order valence-electron chi connectivity index (χ4n) is 0.570. The minimum Gasteiger partial charge on any atom is -0.396 e. The van der Waals surface area contributed by atoms with Gasteiger partial charge < -0.3 is 5.11 Å². The van der Waals surface area contributed by atoms with Gasteiger partial charge in [0.25, 0.3) is 0 Å². The van der Waals surface area contributed by atoms with Crippen LogP contribution in [-0.2, 0) is 0 Å². The average molecular weight is 128 g/mol. The van der Waals surface area contributed by atoms with Crippen LogP contribution in [0.3, 0.4) is 0 Å². The van der Waals surface area contributed by atoms with Crippen molar-refractivity contribution in [2.75, 3.05) is 6.61 Å². The van der Waals surface area contributed by atoms with Gasteiger partial charge in [0.2, 0.25) is 0 Å². The van der Waals surface area contributed by atoms with E-state index in [1.807, 2.05) is 6.92 Å². The van der Waals surface area contributed by atoms with Crippen molar-refractivity contribution < 1.29 is 5.11 Å². The molecule has 1 nitrogen and oxygen atoms in total. The van der Waals surface area contributed by atoms with E-state index in [2.05, 4.69) is 19.1 Å². The van der Waals surface area contributed by atoms with E-state index < -0.39 is 0 Å². The zero-order valence-corrected chi connectivity index (χ0v) is 6.30. The molecule has 0 spiro atoms. The molecule has 0 aromatic rings. The largest absolute Gasteiger partial charge is 0.396 e. The van der Waals surface area contributed by atoms with E-state index in [9.17, 15) is 0 Å². The molecule has 0 rings (SSSR count). The summed E-state index contributed by atoms with van der Waals surface area (Å²) in [5, 5.41) is 8.60. The molecule has 0 aromatic carbocycles. The molecule has 1 atom stereocenters. The van der Waals surface area contributed by atoms with Crippen LogP contribution < -0.4 is 0 Å². The lowest BCUT2D eigenvalue weighted by molar-refractivity contribution is 0.239. The molecule has 1 N–H and O–H groups in total. The summed E-state index contributed by atoms with van der Waals surface area (Å²) in [7, 11) is 0. The first-order valence-electron chi connectivity index (χ1n) is 3.57. The van der Waals surface area contributed by atoms with Crippen LogP contribution in [0.25, 0.3) is 0 Å². The maximum atomic E-state index is 8.60. The van der Waals surface area contributed by atoms with Gasteiger partial charge in [0.15, 0.2) is 0 Å². The first-order chi connectivity index (χ1) is 4.31. The van der Waals surface area contributed by atoms with Gasteiger partial charge in [0, 0.05) is 6.61 Å². The molecule has 0 radical (unpaired) electrons. The van der Waals surface area contributed by atoms with Crippen molar-refractivity contribution in [1.29, 1.82) is 0 Å². The molecule has 1 heteroatoms. The molecule has 0 aliphatic carbocycles. The Balaban J connectivity index is 3.15. The minimum atomic E-state index is 0.300. The Labute approximate surface area is 57.4 Å². The number of rotatable bonds is 4. The summed E-state index contributed by atoms with van der Waals surface area (Å²) in [6.45, 7) is 4.45. The van der Waals surface area contributed by atoms with E-state index in [1.165, 1.54) is 0 Å². The maximum Gasteiger partial charge on any atom is 0.0459 e. The molecule has 0 fully saturated rings. The summed E-state index contributed by atoms with van der Waals surface area (Å²) in [5.41, 5.74) is 0. The molecule has 0 aliphatic rings. The van der Waals surface area contributed by atoms with Gasteiger partial charge in [-0.05, 0) is 18.8 Å². The number of aliphatic hydroxyl groups is 1. The normalized spacial score (nSPS) is 14.6. The second-order valence-corrected chi connectivity index (χ2v) is 2.40. The zero-order chi connectivity index (χ0) is 7.11. The third-order valence-corrected chi connectivity index (χ3v) is 1.25. The van der Waals surface area contributed by atoms with Gasteiger partial charge in [0.1, 0.15) is 0 Å². The fraction of sp³-hybridized carbons (Fsp3) is 0.750. The zero-order valence-electron chi connectivity index (χ0n) is 6.30. The average Bonchev–Trinajstić information content (AvgIpc) is 1.89. The first-order valence-corrected chi connectivity index (χ1v) is 3.57. The summed E-state index contributed by atoms with van der Waals surface area (Å²) in [6.07, 6.45) is 6.36. The van der Waals surface area contributed by atoms with Crippen LogP contribution in [0.2, 0.25) is 0 Å². The van der Waals surface area contributed by atoms with Crippen molar-refractivity contribution in [2.24, 2.45) is 5.92 Å². The highest BCUT2D eigenvalue weighted by molar-refractivity contribution is 4.81. The highest BCUT2D eigenvalue weighted by Gasteiger charge is 1.93. The van der Waals surface area contributed by atoms with Gasteiger partial charge in [-0.2, -0.15) is 0 Å². The maximum absolute atomic E-state index is 8.60. The monoisotopic (exact) mass is 128 g/mol. The van der Waals surface area contributed by atoms with Crippen LogP contribution in [-0.4, -0.2) is 11.7 Å². The lowest BCUT2D eigenvalue weighted by Crippen LogP contribution is -1.97. The Morgan fingerprint density at radius 3 is 2.56 bits per heavy atom. The predicted molar refractivity (Wildman–Crippen MR) is 40.3 cm³/mol. The molecule has 9 heavy (non-hydrogen) atoms. The highest BCUT2D eigenvalue weighted by Crippen LogP contribution is 2.00. The Hall–Kier alpha value is -0.300. The van der Waals surface area contributed by atoms with Crippen LogP contribution in [0.4, 0.5) is 0 Å². The topological polar surface area (TPSA) is 20.2 Å². The molecule has 0 heterocycles. The van der Waals surface area contributed by atoms with Crippen molar-refractivity contribution >= 4 is 0 Å². The number of hydrogen-bond donors (Lipinski definition) is 1. The molecule has 0 amide bonds. The number of allylic oxidation sites excluding steroid dienone is 2. The molecule has 54 valence electrons. The Bertz CT molecular complexity index is 76.6. The lowest BCUT2D eigenvalue weighted by Gasteiger charge is -2.00. The summed E-state index contributed by atoms with van der Waals surface area (Å²) in [4.78, 5) is 0. The molecule has 0 saturated carbocycles. The Morgan fingerprint density at radius 2 is 2.11 bits per heavy atom. The molecular formula is C8H16O. The molecular weight excluding hydrogens is 112 g/mol. The SMILES string of the molecule is CCC=CCC(C)CO. The third kappa shape index (κ3) is 5.57. The van der Waals surface area contributed by atoms with Crippen LogP contribution in [0.15, 0.2) is 12.2 Å². The van der Waals surface area contributed by atoms with E-state index in [4.69, 9.17) is 5.11 Å². The van der Waals surface area contributed by atoms with E-state index >= 15 is 0 Å². The fourth-order valence-corrected chi connectivity index (χ4v) is 0.570. The van der Waals surface area contributed by atoms with Crippen molar-refractivity contribution in [3.63, 3.8) is 0 Å². The smallest absolute Gasteiger partial charge is 0.0459 e. The van der Waals surface area contributed by atoms with Gasteiger partial charge in [-0.3, -0.25) is 0 Å². The molecule has 0 bridgehead atoms. The predicted octanol–water partition coefficient (Wildman–Crippen LogP) is 1.97. The van der Waals surface area contributed by atoms with Crippen molar-refractivity contribution in [2.45, 2.75) is 26.7 Å². The standard InChI is InChI=1S/C8H16O/c1-3-4-5-6-8(2)7-9/h4-5,8-9H,3,6-7H2,1-2H3. The molecule has 1 unspecified atom stereocenters. The highest BCUT2D eigenvalue weighted by atomic mass is 16.3. The Morgan fingerprint density at radius 1 is 1.44 bits per heavy atom. The van der Waals surface area contributed by atoms with Crippen LogP contribution in [0.5, 0.6) is 0 Å². The molecule has 0 saturated heterocycles. The minimum absolute atomic E-state index is 0.300. The third-order valence-electron chi connectivity index (χ3n) is 1.25. The first kappa shape index (κ1) is 8.70. The Kier molecular flexibility index (Phi) is 5.64. The van der Waals surface area contributed by atoms with Crippen LogP contribution >= 0.6 is 0 Å². The van der Waals surface area contributed by atoms with Gasteiger partial charge in [-0.15, -0.1) is 0 Å². The van der Waals surface area contributed by atoms with E-state index in [-0.39, 0.29) is 0 Å². The van der Waals surface area contributed by atoms with Gasteiger partial charge in [-0.1, -0.05) is 26.0 Å². The van der Waals surface area contributed by atoms with E-state index in [0.717, 1.165) is 12.8 Å². The van der Waals surface area contributed by atoms with Crippen molar-refractivity contribution in [3.05, 3.63) is 12.2 Å². The van der Waals surface area contributed by atoms with Crippen LogP contribution in [0, 0.1) is 5.92 Å². The second-order valence-electron chi connectivity index (χ2n) is 2.40. The van der Waals surface area contributed by atoms with Crippen LogP contribution in [0.1, 0.15) is 26.7 Å². The van der Waals surface area contributed by atoms with Crippen molar-refractivity contribution in [3.8, 4) is 0 Å². The van der Waals surface area contributed by atoms with Crippen molar-refractivity contribution in [1.82, 2.24) is 0 Å². The summed E-state index contributed by atoms with van der Waals surface area (Å²) in [6, 6.07) is 0. The molecule has 0 aliphatic heterocycles. The van der Waals surface area contributed by atoms with E-state index in [0.29, 0.717) is 12.5 Å². The second kappa shape index (κ2) is 5.83. The molecule has 0 aromatic heterocycles. The van der Waals surface area contributed by atoms with Gasteiger partial charge in [-0.25, -0.2) is 0 Å². The summed E-state index contributed by atoms with van der Waals surface area (Å²) >= 11 is 0. The van der Waals surface area contributed by atoms with E-state index in [1.54, 1.807) is 0 Å². The number of hydrogen-bond acceptors (Lipinski definition) is 1. The number of aliphatic hydroxyl groups excluding tert-OH is 1. The summed E-state index contributed by atoms with van der Waals surface area (Å²) in [5.74, 6) is 0.424. The lowest BCUT2D eigenvalue weighted by atomic mass is 10.1. The van der Waals surface area contributed by atoms with Gasteiger partial charge >= 0.3 is 0 Å².